The molecule has 204 valence electrons. The van der Waals surface area contributed by atoms with Gasteiger partial charge in [0.1, 0.15) is 29.1 Å². The average molecular weight is 583 g/mol. The van der Waals surface area contributed by atoms with Crippen LogP contribution in [0.2, 0.25) is 0 Å². The Labute approximate surface area is 230 Å². The van der Waals surface area contributed by atoms with Gasteiger partial charge >= 0.3 is 11.1 Å². The molecule has 2 aliphatic heterocycles. The molecule has 3 atom stereocenters. The van der Waals surface area contributed by atoms with E-state index in [-0.39, 0.29) is 52.9 Å². The van der Waals surface area contributed by atoms with Crippen molar-refractivity contribution < 1.29 is 28.9 Å². The van der Waals surface area contributed by atoms with E-state index in [0.717, 1.165) is 11.3 Å². The number of nitrogens with one attached hydrogen (secondary N) is 1. The van der Waals surface area contributed by atoms with Crippen molar-refractivity contribution in [2.45, 2.75) is 37.0 Å². The van der Waals surface area contributed by atoms with Gasteiger partial charge in [0.05, 0.1) is 12.6 Å². The van der Waals surface area contributed by atoms with Gasteiger partial charge in [-0.3, -0.25) is 14.4 Å². The second-order valence-corrected chi connectivity index (χ2v) is 11.5. The van der Waals surface area contributed by atoms with Crippen LogP contribution in [0.1, 0.15) is 19.5 Å². The molecule has 2 saturated heterocycles. The molecule has 0 aliphatic carbocycles. The number of hydrogen-bond donors (Lipinski definition) is 5. The third kappa shape index (κ3) is 5.30. The molecule has 2 amide bonds. The zero-order valence-electron chi connectivity index (χ0n) is 20.6. The standard InChI is InChI=1S/C21H27N9O5S3/c1-3-29-12(23)5-11(22)26-20(29)38-9-21(18(33)34)7-30-16(32)14(17(30)37-8-21)27-15(31)13(28-35-4-2)10-6-36-19(24)25-10/h5-6,14,17H,3-4,7-9H2,1-2H3,(H7,22,23,24,25,27,31,33,34)/p+1/t14?,17-,21?/m1/s1. The number of fused-ring (bicyclic) bond motifs is 1. The summed E-state index contributed by atoms with van der Waals surface area (Å²) in [4.78, 5) is 53.4. The molecular formula is C21H28N9O5S3+. The molecular weight excluding hydrogens is 554 g/mol. The van der Waals surface area contributed by atoms with E-state index in [1.165, 1.54) is 28.4 Å². The van der Waals surface area contributed by atoms with Gasteiger partial charge in [-0.1, -0.05) is 21.9 Å². The van der Waals surface area contributed by atoms with E-state index in [1.807, 2.05) is 6.92 Å². The zero-order chi connectivity index (χ0) is 27.6. The van der Waals surface area contributed by atoms with Gasteiger partial charge in [0.2, 0.25) is 17.5 Å². The van der Waals surface area contributed by atoms with Crippen LogP contribution in [0.25, 0.3) is 0 Å². The van der Waals surface area contributed by atoms with Crippen LogP contribution in [0.15, 0.2) is 21.8 Å². The Hall–Kier alpha value is -3.31. The summed E-state index contributed by atoms with van der Waals surface area (Å²) in [6.45, 7) is 4.37. The van der Waals surface area contributed by atoms with Gasteiger partial charge in [-0.05, 0) is 13.8 Å². The minimum Gasteiger partial charge on any atom is -0.481 e. The number of rotatable bonds is 10. The summed E-state index contributed by atoms with van der Waals surface area (Å²) in [5.74, 6) is -1.01. The van der Waals surface area contributed by atoms with E-state index in [9.17, 15) is 19.5 Å². The first-order chi connectivity index (χ1) is 18.1. The van der Waals surface area contributed by atoms with Gasteiger partial charge < -0.3 is 37.4 Å². The molecule has 0 radical (unpaired) electrons. The van der Waals surface area contributed by atoms with E-state index in [4.69, 9.17) is 22.0 Å². The third-order valence-corrected chi connectivity index (χ3v) is 9.53. The Balaban J connectivity index is 1.46. The Morgan fingerprint density at radius 1 is 1.37 bits per heavy atom. The first kappa shape index (κ1) is 27.7. The maximum absolute atomic E-state index is 13.0. The second-order valence-electron chi connectivity index (χ2n) is 8.55. The number of carbonyl (C=O) groups excluding carboxylic acids is 2. The number of hydrogen-bond acceptors (Lipinski definition) is 13. The minimum atomic E-state index is -1.23. The summed E-state index contributed by atoms with van der Waals surface area (Å²) in [7, 11) is 0. The molecule has 2 aromatic heterocycles. The number of β-lactam (4-membered cyclic amide) rings is 1. The quantitative estimate of drug-likeness (QED) is 0.0604. The summed E-state index contributed by atoms with van der Waals surface area (Å²) >= 11 is 3.67. The number of aliphatic carboxylic acids is 1. The minimum absolute atomic E-state index is 0.00929. The Morgan fingerprint density at radius 3 is 2.76 bits per heavy atom. The molecule has 4 rings (SSSR count). The summed E-state index contributed by atoms with van der Waals surface area (Å²) in [5.41, 5.74) is 16.5. The predicted molar refractivity (Wildman–Crippen MR) is 144 cm³/mol. The molecule has 14 nitrogen and oxygen atoms in total. The lowest BCUT2D eigenvalue weighted by molar-refractivity contribution is -0.719. The van der Waals surface area contributed by atoms with Crippen molar-refractivity contribution in [3.8, 4) is 0 Å². The topological polar surface area (TPSA) is 216 Å². The summed E-state index contributed by atoms with van der Waals surface area (Å²) in [6, 6.07) is 0.704. The number of oxime groups is 1. The van der Waals surface area contributed by atoms with Crippen molar-refractivity contribution >= 4 is 75.1 Å². The number of carboxylic acid groups (broad SMARTS) is 1. The SMILES string of the molecule is CCON=C(C(=O)NC1C(=O)N2CC(CSc3nc(N)cc(N)[n+]3CC)(C(=O)O)CS[C@H]12)c1csc(N)n1. The molecule has 0 aromatic carbocycles. The van der Waals surface area contributed by atoms with Crippen LogP contribution < -0.4 is 27.1 Å². The molecule has 2 aliphatic rings. The number of anilines is 3. The molecule has 2 unspecified atom stereocenters. The van der Waals surface area contributed by atoms with Crippen LogP contribution in [0, 0.1) is 5.41 Å². The highest BCUT2D eigenvalue weighted by Gasteiger charge is 2.57. The van der Waals surface area contributed by atoms with Crippen LogP contribution in [-0.4, -0.2) is 79.5 Å². The fourth-order valence-electron chi connectivity index (χ4n) is 4.02. The first-order valence-electron chi connectivity index (χ1n) is 11.6. The fraction of sp³-hybridized carbons (Fsp3) is 0.476. The van der Waals surface area contributed by atoms with Crippen molar-refractivity contribution in [3.05, 3.63) is 17.1 Å². The lowest BCUT2D eigenvalue weighted by atomic mass is 9.89. The summed E-state index contributed by atoms with van der Waals surface area (Å²) in [6.07, 6.45) is 0. The highest BCUT2D eigenvalue weighted by molar-refractivity contribution is 8.00. The lowest BCUT2D eigenvalue weighted by Crippen LogP contribution is -2.74. The molecule has 0 spiro atoms. The zero-order valence-corrected chi connectivity index (χ0v) is 23.1. The van der Waals surface area contributed by atoms with Gasteiger partial charge in [-0.15, -0.1) is 23.1 Å². The normalized spacial score (nSPS) is 22.9. The Morgan fingerprint density at radius 2 is 2.13 bits per heavy atom. The van der Waals surface area contributed by atoms with Gasteiger partial charge in [0.25, 0.3) is 5.91 Å². The van der Waals surface area contributed by atoms with E-state index in [1.54, 1.807) is 22.9 Å². The molecule has 17 heteroatoms. The van der Waals surface area contributed by atoms with Gasteiger partial charge in [0.15, 0.2) is 10.8 Å². The largest absolute Gasteiger partial charge is 0.481 e. The first-order valence-corrected chi connectivity index (χ1v) is 14.5. The fourth-order valence-corrected chi connectivity index (χ4v) is 7.52. The van der Waals surface area contributed by atoms with E-state index in [0.29, 0.717) is 17.5 Å². The van der Waals surface area contributed by atoms with Crippen molar-refractivity contribution in [2.75, 3.05) is 41.9 Å². The molecule has 0 bridgehead atoms. The van der Waals surface area contributed by atoms with Crippen molar-refractivity contribution in [3.63, 3.8) is 0 Å². The monoisotopic (exact) mass is 582 g/mol. The lowest BCUT2D eigenvalue weighted by Gasteiger charge is -2.53. The molecule has 2 fully saturated rings. The van der Waals surface area contributed by atoms with Crippen LogP contribution in [-0.2, 0) is 25.8 Å². The van der Waals surface area contributed by atoms with E-state index >= 15 is 0 Å². The number of aromatic nitrogens is 3. The van der Waals surface area contributed by atoms with Crippen molar-refractivity contribution in [1.29, 1.82) is 0 Å². The maximum Gasteiger partial charge on any atom is 0.313 e. The second kappa shape index (κ2) is 11.2. The number of nitrogens with zero attached hydrogens (tertiary/aromatic N) is 5. The highest BCUT2D eigenvalue weighted by atomic mass is 32.2. The third-order valence-electron chi connectivity index (χ3n) is 6.01. The number of amides is 2. The smallest absolute Gasteiger partial charge is 0.313 e. The molecule has 0 saturated carbocycles. The van der Waals surface area contributed by atoms with Crippen LogP contribution in [0.5, 0.6) is 0 Å². The number of nitrogen functional groups attached to an aromatic ring is 3. The number of thioether (sulfide) groups is 2. The van der Waals surface area contributed by atoms with Gasteiger partial charge in [-0.25, -0.2) is 9.55 Å². The number of nitrogens with two attached hydrogens (primary N) is 3. The van der Waals surface area contributed by atoms with Crippen LogP contribution in [0.3, 0.4) is 0 Å². The Bertz CT molecular complexity index is 1290. The summed E-state index contributed by atoms with van der Waals surface area (Å²) < 4.78 is 1.74. The number of thiazole rings is 1. The number of carbonyl (C=O) groups is 3. The van der Waals surface area contributed by atoms with Crippen LogP contribution in [0.4, 0.5) is 16.8 Å². The van der Waals surface area contributed by atoms with Crippen LogP contribution >= 0.6 is 34.9 Å². The van der Waals surface area contributed by atoms with Crippen molar-refractivity contribution in [2.24, 2.45) is 10.6 Å². The van der Waals surface area contributed by atoms with Gasteiger partial charge in [-0.2, -0.15) is 0 Å². The highest BCUT2D eigenvalue weighted by Crippen LogP contribution is 2.44. The molecule has 8 N–H and O–H groups in total. The molecule has 38 heavy (non-hydrogen) atoms. The summed E-state index contributed by atoms with van der Waals surface area (Å²) in [5, 5.41) is 18.6. The average Bonchev–Trinajstić information content (AvgIpc) is 3.31. The number of carboxylic acids is 1. The maximum atomic E-state index is 13.0. The Kier molecular flexibility index (Phi) is 8.17. The van der Waals surface area contributed by atoms with E-state index < -0.39 is 28.7 Å². The predicted octanol–water partition coefficient (Wildman–Crippen LogP) is -0.404. The molecule has 4 heterocycles. The molecule has 2 aromatic rings. The van der Waals surface area contributed by atoms with Gasteiger partial charge in [0, 0.05) is 23.4 Å². The van der Waals surface area contributed by atoms with Crippen molar-refractivity contribution in [1.82, 2.24) is 20.2 Å². The van der Waals surface area contributed by atoms with E-state index in [2.05, 4.69) is 20.4 Å².